The van der Waals surface area contributed by atoms with Gasteiger partial charge in [-0.2, -0.15) is 0 Å². The molecule has 10 heteroatoms. The molecule has 0 aliphatic heterocycles. The lowest BCUT2D eigenvalue weighted by Gasteiger charge is -2.10. The fourth-order valence-electron chi connectivity index (χ4n) is 2.90. The Balaban J connectivity index is 2.01. The number of aromatic nitrogens is 4. The SMILES string of the molecule is NC(=O)c1ccc2c(c1)nc(N)n2-n1c(N)nc2cc(C(N)=O)ccc21. The molecule has 2 aromatic carbocycles. The number of carbonyl (C=O) groups excluding carboxylic acids is 2. The van der Waals surface area contributed by atoms with Crippen LogP contribution in [0.5, 0.6) is 0 Å². The molecule has 0 spiro atoms. The van der Waals surface area contributed by atoms with Gasteiger partial charge >= 0.3 is 0 Å². The summed E-state index contributed by atoms with van der Waals surface area (Å²) >= 11 is 0. The molecule has 26 heavy (non-hydrogen) atoms. The van der Waals surface area contributed by atoms with Gasteiger partial charge in [-0.15, -0.1) is 0 Å². The van der Waals surface area contributed by atoms with E-state index in [2.05, 4.69) is 9.97 Å². The number of nitrogen functional groups attached to an aromatic ring is 2. The number of anilines is 2. The van der Waals surface area contributed by atoms with Gasteiger partial charge in [0.15, 0.2) is 0 Å². The maximum Gasteiger partial charge on any atom is 0.248 e. The van der Waals surface area contributed by atoms with E-state index in [0.717, 1.165) is 0 Å². The smallest absolute Gasteiger partial charge is 0.248 e. The molecule has 4 aromatic rings. The minimum absolute atomic E-state index is 0.145. The van der Waals surface area contributed by atoms with E-state index in [4.69, 9.17) is 22.9 Å². The lowest BCUT2D eigenvalue weighted by Crippen LogP contribution is -2.15. The lowest BCUT2D eigenvalue weighted by atomic mass is 10.2. The van der Waals surface area contributed by atoms with Crippen LogP contribution in [0, 0.1) is 0 Å². The van der Waals surface area contributed by atoms with Crippen molar-refractivity contribution in [1.29, 1.82) is 0 Å². The van der Waals surface area contributed by atoms with Crippen LogP contribution in [-0.2, 0) is 0 Å². The first-order chi connectivity index (χ1) is 12.4. The highest BCUT2D eigenvalue weighted by atomic mass is 16.1. The van der Waals surface area contributed by atoms with Crippen molar-refractivity contribution >= 4 is 45.8 Å². The standard InChI is InChI=1S/C16H14N8O2/c17-13(25)7-1-3-11-9(5-7)21-15(19)23(11)24-12-4-2-8(14(18)26)6-10(12)22-16(24)20/h1-6H,(H2,17,25)(H2,18,26)(H2,19,21)(H2,20,22). The highest BCUT2D eigenvalue weighted by Gasteiger charge is 2.17. The van der Waals surface area contributed by atoms with E-state index in [-0.39, 0.29) is 11.9 Å². The number of carbonyl (C=O) groups is 2. The number of nitrogens with two attached hydrogens (primary N) is 4. The molecule has 0 saturated heterocycles. The summed E-state index contributed by atoms with van der Waals surface area (Å²) in [5.74, 6) is -0.837. The van der Waals surface area contributed by atoms with Crippen molar-refractivity contribution in [1.82, 2.24) is 19.3 Å². The van der Waals surface area contributed by atoms with E-state index in [1.54, 1.807) is 45.8 Å². The number of benzene rings is 2. The quantitative estimate of drug-likeness (QED) is 0.406. The van der Waals surface area contributed by atoms with Crippen LogP contribution >= 0.6 is 0 Å². The van der Waals surface area contributed by atoms with Crippen molar-refractivity contribution < 1.29 is 9.59 Å². The second-order valence-electron chi connectivity index (χ2n) is 5.70. The molecule has 2 heterocycles. The van der Waals surface area contributed by atoms with Crippen LogP contribution in [0.1, 0.15) is 20.7 Å². The third-order valence-electron chi connectivity index (χ3n) is 4.08. The van der Waals surface area contributed by atoms with Gasteiger partial charge in [0, 0.05) is 11.1 Å². The van der Waals surface area contributed by atoms with Gasteiger partial charge in [0.25, 0.3) is 0 Å². The molecule has 2 aromatic heterocycles. The van der Waals surface area contributed by atoms with E-state index in [1.165, 1.54) is 0 Å². The molecule has 8 N–H and O–H groups in total. The van der Waals surface area contributed by atoms with Crippen molar-refractivity contribution in [3.05, 3.63) is 47.5 Å². The Hall–Kier alpha value is -4.08. The summed E-state index contributed by atoms with van der Waals surface area (Å²) < 4.78 is 3.13. The van der Waals surface area contributed by atoms with E-state index in [9.17, 15) is 9.59 Å². The molecule has 0 radical (unpaired) electrons. The Morgan fingerprint density at radius 3 is 1.46 bits per heavy atom. The number of nitrogens with zero attached hydrogens (tertiary/aromatic N) is 4. The Kier molecular flexibility index (Phi) is 3.09. The van der Waals surface area contributed by atoms with Gasteiger partial charge in [-0.25, -0.2) is 19.3 Å². The molecule has 0 bridgehead atoms. The Bertz CT molecular complexity index is 1120. The first kappa shape index (κ1) is 15.4. The molecule has 4 rings (SSSR count). The second-order valence-corrected chi connectivity index (χ2v) is 5.70. The Morgan fingerprint density at radius 1 is 0.731 bits per heavy atom. The predicted molar refractivity (Wildman–Crippen MR) is 96.1 cm³/mol. The fourth-order valence-corrected chi connectivity index (χ4v) is 2.90. The summed E-state index contributed by atoms with van der Waals surface area (Å²) in [6.07, 6.45) is 0. The van der Waals surface area contributed by atoms with Crippen LogP contribution in [0.4, 0.5) is 11.9 Å². The zero-order chi connectivity index (χ0) is 18.6. The van der Waals surface area contributed by atoms with Gasteiger partial charge < -0.3 is 22.9 Å². The van der Waals surface area contributed by atoms with Crippen LogP contribution in [0.2, 0.25) is 0 Å². The number of rotatable bonds is 3. The summed E-state index contributed by atoms with van der Waals surface area (Å²) in [5.41, 5.74) is 25.6. The average molecular weight is 350 g/mol. The number of amides is 2. The third kappa shape index (κ3) is 2.13. The Labute approximate surface area is 146 Å². The molecular weight excluding hydrogens is 336 g/mol. The van der Waals surface area contributed by atoms with Crippen LogP contribution in [0.15, 0.2) is 36.4 Å². The maximum absolute atomic E-state index is 11.4. The summed E-state index contributed by atoms with van der Waals surface area (Å²) in [6, 6.07) is 9.57. The van der Waals surface area contributed by atoms with Crippen molar-refractivity contribution in [2.45, 2.75) is 0 Å². The molecule has 0 saturated carbocycles. The number of imidazole rings is 2. The largest absolute Gasteiger partial charge is 0.368 e. The predicted octanol–water partition coefficient (Wildman–Crippen LogP) is 0.0596. The molecular formula is C16H14N8O2. The molecule has 10 nitrogen and oxygen atoms in total. The topological polar surface area (TPSA) is 174 Å². The minimum atomic E-state index is -0.563. The van der Waals surface area contributed by atoms with Crippen LogP contribution in [0.3, 0.4) is 0 Å². The van der Waals surface area contributed by atoms with Gasteiger partial charge in [0.2, 0.25) is 23.7 Å². The van der Waals surface area contributed by atoms with Crippen molar-refractivity contribution in [3.63, 3.8) is 0 Å². The van der Waals surface area contributed by atoms with Gasteiger partial charge in [0.1, 0.15) is 0 Å². The first-order valence-corrected chi connectivity index (χ1v) is 7.53. The zero-order valence-corrected chi connectivity index (χ0v) is 13.4. The summed E-state index contributed by atoms with van der Waals surface area (Å²) in [6.45, 7) is 0. The minimum Gasteiger partial charge on any atom is -0.368 e. The third-order valence-corrected chi connectivity index (χ3v) is 4.08. The molecule has 0 aliphatic carbocycles. The molecule has 2 amide bonds. The normalized spacial score (nSPS) is 11.2. The van der Waals surface area contributed by atoms with E-state index in [0.29, 0.717) is 33.2 Å². The van der Waals surface area contributed by atoms with E-state index >= 15 is 0 Å². The number of hydrogen-bond donors (Lipinski definition) is 4. The first-order valence-electron chi connectivity index (χ1n) is 7.53. The van der Waals surface area contributed by atoms with Crippen LogP contribution < -0.4 is 22.9 Å². The highest BCUT2D eigenvalue weighted by Crippen LogP contribution is 2.25. The van der Waals surface area contributed by atoms with Crippen molar-refractivity contribution in [3.8, 4) is 0 Å². The van der Waals surface area contributed by atoms with Gasteiger partial charge in [0.05, 0.1) is 22.1 Å². The fraction of sp³-hybridized carbons (Fsp3) is 0. The molecule has 0 fully saturated rings. The lowest BCUT2D eigenvalue weighted by molar-refractivity contribution is 0.0992. The summed E-state index contributed by atoms with van der Waals surface area (Å²) in [7, 11) is 0. The molecule has 0 atom stereocenters. The summed E-state index contributed by atoms with van der Waals surface area (Å²) in [4.78, 5) is 31.2. The maximum atomic E-state index is 11.4. The van der Waals surface area contributed by atoms with Crippen LogP contribution in [-0.4, -0.2) is 31.1 Å². The van der Waals surface area contributed by atoms with Crippen molar-refractivity contribution in [2.75, 3.05) is 11.5 Å². The Morgan fingerprint density at radius 2 is 1.12 bits per heavy atom. The molecule has 130 valence electrons. The molecule has 0 aliphatic rings. The number of primary amides is 2. The van der Waals surface area contributed by atoms with E-state index in [1.807, 2.05) is 0 Å². The van der Waals surface area contributed by atoms with Crippen LogP contribution in [0.25, 0.3) is 22.1 Å². The second kappa shape index (κ2) is 5.21. The summed E-state index contributed by atoms with van der Waals surface area (Å²) in [5, 5.41) is 0. The zero-order valence-electron chi connectivity index (χ0n) is 13.4. The van der Waals surface area contributed by atoms with Gasteiger partial charge in [-0.3, -0.25) is 9.59 Å². The van der Waals surface area contributed by atoms with Gasteiger partial charge in [-0.1, -0.05) is 0 Å². The monoisotopic (exact) mass is 350 g/mol. The highest BCUT2D eigenvalue weighted by molar-refractivity contribution is 5.98. The van der Waals surface area contributed by atoms with E-state index < -0.39 is 11.8 Å². The average Bonchev–Trinajstić information content (AvgIpc) is 3.08. The van der Waals surface area contributed by atoms with Crippen molar-refractivity contribution in [2.24, 2.45) is 11.5 Å². The molecule has 0 unspecified atom stereocenters. The number of fused-ring (bicyclic) bond motifs is 2. The number of hydrogen-bond acceptors (Lipinski definition) is 6. The van der Waals surface area contributed by atoms with Gasteiger partial charge in [-0.05, 0) is 36.4 Å².